The number of methoxy groups -OCH3 is 1. The van der Waals surface area contributed by atoms with E-state index in [9.17, 15) is 9.59 Å². The van der Waals surface area contributed by atoms with Crippen LogP contribution in [0.4, 0.5) is 5.69 Å². The third-order valence-electron chi connectivity index (χ3n) is 4.20. The van der Waals surface area contributed by atoms with Gasteiger partial charge in [-0.1, -0.05) is 23.2 Å². The van der Waals surface area contributed by atoms with Gasteiger partial charge in [-0.15, -0.1) is 10.2 Å². The van der Waals surface area contributed by atoms with Crippen molar-refractivity contribution in [1.82, 2.24) is 19.7 Å². The van der Waals surface area contributed by atoms with Crippen LogP contribution in [0, 0.1) is 0 Å². The van der Waals surface area contributed by atoms with Crippen LogP contribution in [0.1, 0.15) is 32.8 Å². The Morgan fingerprint density at radius 3 is 2.63 bits per heavy atom. The number of ether oxygens (including phenoxy) is 1. The number of nitrogens with two attached hydrogens (primary N) is 1. The molecule has 0 saturated heterocycles. The Bertz CT molecular complexity index is 1070. The highest BCUT2D eigenvalue weighted by Crippen LogP contribution is 2.30. The van der Waals surface area contributed by atoms with Gasteiger partial charge in [0.2, 0.25) is 0 Å². The van der Waals surface area contributed by atoms with Crippen molar-refractivity contribution in [3.05, 3.63) is 63.8 Å². The van der Waals surface area contributed by atoms with Gasteiger partial charge in [-0.3, -0.25) is 9.36 Å². The van der Waals surface area contributed by atoms with Gasteiger partial charge in [0.25, 0.3) is 5.91 Å². The van der Waals surface area contributed by atoms with Crippen LogP contribution in [0.15, 0.2) is 36.9 Å². The lowest BCUT2D eigenvalue weighted by atomic mass is 10.1. The van der Waals surface area contributed by atoms with Gasteiger partial charge in [-0.05, 0) is 43.1 Å². The summed E-state index contributed by atoms with van der Waals surface area (Å²) in [7, 11) is 1.22. The van der Waals surface area contributed by atoms with Gasteiger partial charge in [0.15, 0.2) is 11.5 Å². The Hall–Kier alpha value is -3.01. The van der Waals surface area contributed by atoms with Gasteiger partial charge in [0, 0.05) is 12.4 Å². The standard InChI is InChI=1S/C19H18Cl2N6O3/c1-30-19(29)12-8-13(20)14(21)9-15(12)24-18(28)16-7-11(3-2-4-22)17(26-25-16)27-6-5-23-10-27/h5-10H,2-4,22H2,1H3,(H,24,28). The Morgan fingerprint density at radius 1 is 1.20 bits per heavy atom. The number of amides is 1. The Kier molecular flexibility index (Phi) is 6.99. The molecule has 9 nitrogen and oxygen atoms in total. The van der Waals surface area contributed by atoms with Crippen LogP contribution in [-0.4, -0.2) is 45.3 Å². The lowest BCUT2D eigenvalue weighted by molar-refractivity contribution is 0.0602. The molecule has 156 valence electrons. The Balaban J connectivity index is 1.94. The third-order valence-corrected chi connectivity index (χ3v) is 4.92. The highest BCUT2D eigenvalue weighted by molar-refractivity contribution is 6.42. The molecule has 0 fully saturated rings. The van der Waals surface area contributed by atoms with E-state index in [0.717, 1.165) is 5.56 Å². The van der Waals surface area contributed by atoms with E-state index in [1.807, 2.05) is 0 Å². The minimum absolute atomic E-state index is 0.0617. The summed E-state index contributed by atoms with van der Waals surface area (Å²) in [5, 5.41) is 11.1. The molecule has 0 atom stereocenters. The molecule has 3 N–H and O–H groups in total. The largest absolute Gasteiger partial charge is 0.465 e. The number of anilines is 1. The highest BCUT2D eigenvalue weighted by Gasteiger charge is 2.20. The number of esters is 1. The number of aromatic nitrogens is 4. The predicted octanol–water partition coefficient (Wildman–Crippen LogP) is 2.90. The average Bonchev–Trinajstić information content (AvgIpc) is 3.28. The molecular weight excluding hydrogens is 431 g/mol. The molecule has 0 aliphatic heterocycles. The summed E-state index contributed by atoms with van der Waals surface area (Å²) < 4.78 is 6.44. The first kappa shape index (κ1) is 21.7. The maximum Gasteiger partial charge on any atom is 0.340 e. The van der Waals surface area contributed by atoms with Crippen molar-refractivity contribution in [3.8, 4) is 5.82 Å². The SMILES string of the molecule is COC(=O)c1cc(Cl)c(Cl)cc1NC(=O)c1cc(CCCN)c(-n2ccnc2)nn1. The first-order valence-electron chi connectivity index (χ1n) is 8.88. The van der Waals surface area contributed by atoms with Crippen LogP contribution in [0.5, 0.6) is 0 Å². The van der Waals surface area contributed by atoms with Crippen LogP contribution in [0.2, 0.25) is 10.0 Å². The lowest BCUT2D eigenvalue weighted by Crippen LogP contribution is -2.19. The number of hydrogen-bond acceptors (Lipinski definition) is 7. The second-order valence-corrected chi connectivity index (χ2v) is 7.01. The van der Waals surface area contributed by atoms with Gasteiger partial charge >= 0.3 is 5.97 Å². The molecule has 0 radical (unpaired) electrons. The maximum absolute atomic E-state index is 12.8. The number of nitrogens with one attached hydrogen (secondary N) is 1. The minimum Gasteiger partial charge on any atom is -0.465 e. The fourth-order valence-corrected chi connectivity index (χ4v) is 3.06. The Labute approximate surface area is 182 Å². The molecule has 0 spiro atoms. The quantitative estimate of drug-likeness (QED) is 0.532. The molecule has 1 amide bonds. The molecule has 1 aromatic carbocycles. The van der Waals surface area contributed by atoms with Crippen LogP contribution >= 0.6 is 23.2 Å². The molecule has 3 rings (SSSR count). The number of halogens is 2. The lowest BCUT2D eigenvalue weighted by Gasteiger charge is -2.13. The van der Waals surface area contributed by atoms with Gasteiger partial charge in [-0.25, -0.2) is 9.78 Å². The molecule has 0 aliphatic carbocycles. The van der Waals surface area contributed by atoms with E-state index in [4.69, 9.17) is 33.7 Å². The number of benzene rings is 1. The smallest absolute Gasteiger partial charge is 0.340 e. The third kappa shape index (κ3) is 4.76. The fraction of sp³-hybridized carbons (Fsp3) is 0.211. The number of carbonyl (C=O) groups excluding carboxylic acids is 2. The normalized spacial score (nSPS) is 10.7. The summed E-state index contributed by atoms with van der Waals surface area (Å²) in [6.45, 7) is 0.485. The maximum atomic E-state index is 12.8. The molecule has 0 saturated carbocycles. The van der Waals surface area contributed by atoms with Crippen molar-refractivity contribution in [3.63, 3.8) is 0 Å². The Morgan fingerprint density at radius 2 is 1.97 bits per heavy atom. The van der Waals surface area contributed by atoms with Gasteiger partial charge in [0.1, 0.15) is 6.33 Å². The van der Waals surface area contributed by atoms with Crippen LogP contribution < -0.4 is 11.1 Å². The van der Waals surface area contributed by atoms with Crippen molar-refractivity contribution in [1.29, 1.82) is 0 Å². The van der Waals surface area contributed by atoms with E-state index in [2.05, 4.69) is 20.5 Å². The molecule has 2 aromatic heterocycles. The number of rotatable bonds is 7. The van der Waals surface area contributed by atoms with Crippen molar-refractivity contribution in [2.75, 3.05) is 19.0 Å². The molecule has 2 heterocycles. The van der Waals surface area contributed by atoms with E-state index in [1.165, 1.54) is 19.2 Å². The van der Waals surface area contributed by atoms with Crippen molar-refractivity contribution < 1.29 is 14.3 Å². The summed E-state index contributed by atoms with van der Waals surface area (Å²) in [4.78, 5) is 28.9. The van der Waals surface area contributed by atoms with E-state index in [-0.39, 0.29) is 27.0 Å². The minimum atomic E-state index is -0.672. The van der Waals surface area contributed by atoms with Gasteiger partial charge in [-0.2, -0.15) is 0 Å². The number of aryl methyl sites for hydroxylation is 1. The van der Waals surface area contributed by atoms with E-state index in [1.54, 1.807) is 29.4 Å². The zero-order valence-corrected chi connectivity index (χ0v) is 17.4. The molecule has 0 bridgehead atoms. The molecule has 0 aliphatic rings. The second-order valence-electron chi connectivity index (χ2n) is 6.20. The van der Waals surface area contributed by atoms with Crippen molar-refractivity contribution in [2.45, 2.75) is 12.8 Å². The summed E-state index contributed by atoms with van der Waals surface area (Å²) in [6, 6.07) is 4.32. The van der Waals surface area contributed by atoms with Gasteiger partial charge in [0.05, 0.1) is 28.4 Å². The van der Waals surface area contributed by atoms with E-state index < -0.39 is 11.9 Å². The molecule has 11 heteroatoms. The average molecular weight is 449 g/mol. The monoisotopic (exact) mass is 448 g/mol. The zero-order chi connectivity index (χ0) is 21.7. The number of imidazole rings is 1. The first-order chi connectivity index (χ1) is 14.4. The second kappa shape index (κ2) is 9.66. The number of nitrogens with zero attached hydrogens (tertiary/aromatic N) is 4. The van der Waals surface area contributed by atoms with E-state index >= 15 is 0 Å². The summed E-state index contributed by atoms with van der Waals surface area (Å²) in [6.07, 6.45) is 6.24. The topological polar surface area (TPSA) is 125 Å². The van der Waals surface area contributed by atoms with E-state index in [0.29, 0.717) is 25.2 Å². The van der Waals surface area contributed by atoms with Crippen molar-refractivity contribution in [2.24, 2.45) is 5.73 Å². The summed E-state index contributed by atoms with van der Waals surface area (Å²) in [5.74, 6) is -0.687. The highest BCUT2D eigenvalue weighted by atomic mass is 35.5. The summed E-state index contributed by atoms with van der Waals surface area (Å²) in [5.41, 5.74) is 6.67. The molecule has 3 aromatic rings. The van der Waals surface area contributed by atoms with Crippen LogP contribution in [0.25, 0.3) is 5.82 Å². The fourth-order valence-electron chi connectivity index (χ4n) is 2.73. The van der Waals surface area contributed by atoms with Crippen molar-refractivity contribution >= 4 is 40.8 Å². The molecule has 30 heavy (non-hydrogen) atoms. The predicted molar refractivity (Wildman–Crippen MR) is 112 cm³/mol. The number of carbonyl (C=O) groups is 2. The molecular formula is C19H18Cl2N6O3. The molecule has 0 unspecified atom stereocenters. The number of hydrogen-bond donors (Lipinski definition) is 2. The van der Waals surface area contributed by atoms with Gasteiger partial charge < -0.3 is 15.8 Å². The van der Waals surface area contributed by atoms with Crippen LogP contribution in [0.3, 0.4) is 0 Å². The van der Waals surface area contributed by atoms with Crippen LogP contribution in [-0.2, 0) is 11.2 Å². The zero-order valence-electron chi connectivity index (χ0n) is 15.9. The summed E-state index contributed by atoms with van der Waals surface area (Å²) >= 11 is 12.0. The first-order valence-corrected chi connectivity index (χ1v) is 9.64.